The number of nitrogens with zero attached hydrogens (tertiary/aromatic N) is 5. The first-order valence-electron chi connectivity index (χ1n) is 10.3. The van der Waals surface area contributed by atoms with Gasteiger partial charge in [-0.3, -0.25) is 20.1 Å². The first-order valence-corrected chi connectivity index (χ1v) is 11.1. The highest BCUT2D eigenvalue weighted by molar-refractivity contribution is 7.14. The van der Waals surface area contributed by atoms with Crippen molar-refractivity contribution in [2.45, 2.75) is 25.4 Å². The largest absolute Gasteiger partial charge is 0.363 e. The number of thiazole rings is 1. The second-order valence-corrected chi connectivity index (χ2v) is 8.32. The molecule has 0 bridgehead atoms. The van der Waals surface area contributed by atoms with E-state index in [1.54, 1.807) is 12.4 Å². The smallest absolute Gasteiger partial charge is 0.274 e. The first kappa shape index (κ1) is 19.4. The van der Waals surface area contributed by atoms with Crippen LogP contribution in [0.2, 0.25) is 0 Å². The van der Waals surface area contributed by atoms with E-state index in [2.05, 4.69) is 25.6 Å². The number of carbonyl (C=O) groups is 1. The fourth-order valence-electron chi connectivity index (χ4n) is 4.02. The van der Waals surface area contributed by atoms with Crippen LogP contribution in [0.5, 0.6) is 0 Å². The average molecular weight is 431 g/mol. The molecule has 0 radical (unpaired) electrons. The van der Waals surface area contributed by atoms with Gasteiger partial charge in [0.15, 0.2) is 5.13 Å². The van der Waals surface area contributed by atoms with Gasteiger partial charge in [-0.15, -0.1) is 11.3 Å². The number of anilines is 2. The predicted molar refractivity (Wildman–Crippen MR) is 121 cm³/mol. The number of rotatable bonds is 6. The Balaban J connectivity index is 1.29. The van der Waals surface area contributed by atoms with Gasteiger partial charge in [-0.05, 0) is 54.8 Å². The maximum atomic E-state index is 12.9. The predicted octanol–water partition coefficient (Wildman–Crippen LogP) is 4.38. The minimum absolute atomic E-state index is 0.155. The summed E-state index contributed by atoms with van der Waals surface area (Å²) in [5.41, 5.74) is 3.86. The molecule has 0 spiro atoms. The van der Waals surface area contributed by atoms with Crippen LogP contribution in [0.25, 0.3) is 0 Å². The Morgan fingerprint density at radius 3 is 2.68 bits per heavy atom. The number of hydrogen-bond donors (Lipinski definition) is 1. The molecule has 0 saturated carbocycles. The standard InChI is InChI=1S/C23H22N6OS/c30-22(21-4-1-13-28(21)15-17-5-9-24-10-6-17)27-23-26-19(16-31-23)20-3-2-14-29(20)18-7-11-25-12-8-18/h1,4-13,16,20H,2-3,14-15H2,(H,26,27,30). The Kier molecular flexibility index (Phi) is 5.45. The van der Waals surface area contributed by atoms with Crippen LogP contribution < -0.4 is 10.2 Å². The second-order valence-electron chi connectivity index (χ2n) is 7.47. The van der Waals surface area contributed by atoms with E-state index in [0.717, 1.165) is 36.3 Å². The molecule has 1 aliphatic rings. The molecule has 5 rings (SSSR count). The summed E-state index contributed by atoms with van der Waals surface area (Å²) in [6, 6.07) is 11.9. The quantitative estimate of drug-likeness (QED) is 0.491. The molecule has 0 aromatic carbocycles. The van der Waals surface area contributed by atoms with Gasteiger partial charge in [-0.2, -0.15) is 0 Å². The number of carbonyl (C=O) groups excluding carboxylic acids is 1. The molecule has 5 heterocycles. The third-order valence-electron chi connectivity index (χ3n) is 5.50. The topological polar surface area (TPSA) is 75.9 Å². The van der Waals surface area contributed by atoms with Crippen LogP contribution in [-0.4, -0.2) is 32.0 Å². The van der Waals surface area contributed by atoms with Gasteiger partial charge in [-0.1, -0.05) is 0 Å². The highest BCUT2D eigenvalue weighted by Gasteiger charge is 2.28. The van der Waals surface area contributed by atoms with E-state index in [9.17, 15) is 4.79 Å². The van der Waals surface area contributed by atoms with Crippen molar-refractivity contribution in [3.8, 4) is 0 Å². The molecule has 0 aliphatic carbocycles. The lowest BCUT2D eigenvalue weighted by Gasteiger charge is -2.25. The molecule has 1 aliphatic heterocycles. The van der Waals surface area contributed by atoms with Crippen molar-refractivity contribution < 1.29 is 4.79 Å². The zero-order valence-corrected chi connectivity index (χ0v) is 17.7. The number of aromatic nitrogens is 4. The zero-order valence-electron chi connectivity index (χ0n) is 16.9. The van der Waals surface area contributed by atoms with Crippen molar-refractivity contribution in [3.63, 3.8) is 0 Å². The van der Waals surface area contributed by atoms with Crippen LogP contribution in [0.3, 0.4) is 0 Å². The first-order chi connectivity index (χ1) is 15.3. The molecular formula is C23H22N6OS. The van der Waals surface area contributed by atoms with E-state index in [-0.39, 0.29) is 11.9 Å². The number of hydrogen-bond acceptors (Lipinski definition) is 6. The molecule has 4 aromatic rings. The molecular weight excluding hydrogens is 408 g/mol. The lowest BCUT2D eigenvalue weighted by molar-refractivity contribution is 0.101. The minimum atomic E-state index is -0.155. The van der Waals surface area contributed by atoms with Crippen LogP contribution in [0.1, 0.15) is 40.6 Å². The summed E-state index contributed by atoms with van der Waals surface area (Å²) in [5, 5.41) is 5.65. The summed E-state index contributed by atoms with van der Waals surface area (Å²) >= 11 is 1.47. The van der Waals surface area contributed by atoms with E-state index >= 15 is 0 Å². The lowest BCUT2D eigenvalue weighted by atomic mass is 10.1. The molecule has 31 heavy (non-hydrogen) atoms. The number of nitrogens with one attached hydrogen (secondary N) is 1. The van der Waals surface area contributed by atoms with Gasteiger partial charge in [0.05, 0.1) is 11.7 Å². The highest BCUT2D eigenvalue weighted by atomic mass is 32.1. The molecule has 1 atom stereocenters. The van der Waals surface area contributed by atoms with Gasteiger partial charge in [0, 0.05) is 55.1 Å². The van der Waals surface area contributed by atoms with Crippen molar-refractivity contribution in [2.24, 2.45) is 0 Å². The molecule has 1 fully saturated rings. The van der Waals surface area contributed by atoms with E-state index in [1.165, 1.54) is 11.3 Å². The highest BCUT2D eigenvalue weighted by Crippen LogP contribution is 2.36. The monoisotopic (exact) mass is 430 g/mol. The summed E-state index contributed by atoms with van der Waals surface area (Å²) < 4.78 is 1.93. The summed E-state index contributed by atoms with van der Waals surface area (Å²) in [6.45, 7) is 1.61. The Labute approximate surface area is 184 Å². The van der Waals surface area contributed by atoms with Gasteiger partial charge < -0.3 is 9.47 Å². The van der Waals surface area contributed by atoms with Crippen LogP contribution in [0.4, 0.5) is 10.8 Å². The normalized spacial score (nSPS) is 15.9. The molecule has 8 heteroatoms. The molecule has 1 unspecified atom stereocenters. The maximum absolute atomic E-state index is 12.9. The fraction of sp³-hybridized carbons (Fsp3) is 0.217. The van der Waals surface area contributed by atoms with Gasteiger partial charge >= 0.3 is 0 Å². The average Bonchev–Trinajstić information content (AvgIpc) is 3.56. The van der Waals surface area contributed by atoms with Crippen LogP contribution in [0, 0.1) is 0 Å². The third kappa shape index (κ3) is 4.20. The van der Waals surface area contributed by atoms with E-state index in [4.69, 9.17) is 4.98 Å². The Morgan fingerprint density at radius 1 is 1.10 bits per heavy atom. The zero-order chi connectivity index (χ0) is 21.0. The lowest BCUT2D eigenvalue weighted by Crippen LogP contribution is -2.23. The number of pyridine rings is 2. The molecule has 156 valence electrons. The van der Waals surface area contributed by atoms with Crippen LogP contribution in [-0.2, 0) is 6.54 Å². The van der Waals surface area contributed by atoms with Crippen molar-refractivity contribution in [3.05, 3.63) is 89.7 Å². The molecule has 1 amide bonds. The molecule has 4 aromatic heterocycles. The van der Waals surface area contributed by atoms with Crippen molar-refractivity contribution in [1.29, 1.82) is 0 Å². The summed E-state index contributed by atoms with van der Waals surface area (Å²) in [6.07, 6.45) is 11.2. The van der Waals surface area contributed by atoms with Gasteiger partial charge in [0.25, 0.3) is 5.91 Å². The van der Waals surface area contributed by atoms with Crippen LogP contribution in [0.15, 0.2) is 72.8 Å². The van der Waals surface area contributed by atoms with Crippen LogP contribution >= 0.6 is 11.3 Å². The molecule has 1 N–H and O–H groups in total. The Hall–Kier alpha value is -3.52. The van der Waals surface area contributed by atoms with E-state index in [1.807, 2.05) is 59.6 Å². The molecule has 7 nitrogen and oxygen atoms in total. The minimum Gasteiger partial charge on any atom is -0.363 e. The number of amides is 1. The maximum Gasteiger partial charge on any atom is 0.274 e. The van der Waals surface area contributed by atoms with E-state index < -0.39 is 0 Å². The SMILES string of the molecule is O=C(Nc1nc(C2CCCN2c2ccncc2)cs1)c1cccn1Cc1ccncc1. The second kappa shape index (κ2) is 8.69. The van der Waals surface area contributed by atoms with E-state index in [0.29, 0.717) is 17.4 Å². The summed E-state index contributed by atoms with van der Waals surface area (Å²) in [4.78, 5) is 28.2. The van der Waals surface area contributed by atoms with Crippen molar-refractivity contribution >= 4 is 28.1 Å². The third-order valence-corrected chi connectivity index (χ3v) is 6.27. The summed E-state index contributed by atoms with van der Waals surface area (Å²) in [7, 11) is 0. The Morgan fingerprint density at radius 2 is 1.87 bits per heavy atom. The van der Waals surface area contributed by atoms with Crippen molar-refractivity contribution in [1.82, 2.24) is 19.5 Å². The van der Waals surface area contributed by atoms with Gasteiger partial charge in [-0.25, -0.2) is 4.98 Å². The van der Waals surface area contributed by atoms with Gasteiger partial charge in [0.1, 0.15) is 5.69 Å². The Bertz CT molecular complexity index is 1160. The summed E-state index contributed by atoms with van der Waals surface area (Å²) in [5.74, 6) is -0.155. The fourth-order valence-corrected chi connectivity index (χ4v) is 4.77. The van der Waals surface area contributed by atoms with Crippen molar-refractivity contribution in [2.75, 3.05) is 16.8 Å². The molecule has 1 saturated heterocycles. The van der Waals surface area contributed by atoms with Gasteiger partial charge in [0.2, 0.25) is 0 Å².